The van der Waals surface area contributed by atoms with E-state index in [1.807, 2.05) is 11.5 Å². The van der Waals surface area contributed by atoms with Gasteiger partial charge in [-0.25, -0.2) is 4.98 Å². The molecule has 2 aromatic heterocycles. The van der Waals surface area contributed by atoms with E-state index in [-0.39, 0.29) is 5.78 Å². The van der Waals surface area contributed by atoms with Crippen molar-refractivity contribution < 1.29 is 4.79 Å². The van der Waals surface area contributed by atoms with Gasteiger partial charge in [-0.2, -0.15) is 4.37 Å². The minimum atomic E-state index is -0.143. The fourth-order valence-corrected chi connectivity index (χ4v) is 2.33. The van der Waals surface area contributed by atoms with Crippen LogP contribution >= 0.6 is 27.5 Å². The topological polar surface area (TPSA) is 47.8 Å². The predicted molar refractivity (Wildman–Crippen MR) is 61.1 cm³/mol. The van der Waals surface area contributed by atoms with Crippen LogP contribution in [0.5, 0.6) is 0 Å². The van der Waals surface area contributed by atoms with Crippen molar-refractivity contribution in [3.63, 3.8) is 0 Å². The van der Waals surface area contributed by atoms with E-state index in [1.165, 1.54) is 11.5 Å². The number of ketones is 1. The van der Waals surface area contributed by atoms with E-state index in [9.17, 15) is 4.79 Å². The summed E-state index contributed by atoms with van der Waals surface area (Å²) < 4.78 is 6.60. The van der Waals surface area contributed by atoms with Crippen molar-refractivity contribution in [2.45, 2.75) is 13.5 Å². The quantitative estimate of drug-likeness (QED) is 0.814. The van der Waals surface area contributed by atoms with Crippen molar-refractivity contribution >= 4 is 33.2 Å². The summed E-state index contributed by atoms with van der Waals surface area (Å²) in [5.41, 5.74) is 0.866. The second kappa shape index (κ2) is 4.24. The van der Waals surface area contributed by atoms with Gasteiger partial charge in [0.15, 0.2) is 0 Å². The zero-order chi connectivity index (χ0) is 10.8. The molecule has 0 bridgehead atoms. The Kier molecular flexibility index (Phi) is 2.97. The van der Waals surface area contributed by atoms with Gasteiger partial charge in [0, 0.05) is 18.1 Å². The standard InChI is InChI=1S/C9H8BrN3OS/c1-2-13-3-7(11-5-13)9(14)8-6(10)4-15-12-8/h3-5H,2H2,1H3. The van der Waals surface area contributed by atoms with Crippen molar-refractivity contribution in [3.05, 3.63) is 33.8 Å². The van der Waals surface area contributed by atoms with E-state index in [0.29, 0.717) is 11.4 Å². The highest BCUT2D eigenvalue weighted by Gasteiger charge is 2.17. The van der Waals surface area contributed by atoms with Crippen LogP contribution < -0.4 is 0 Å². The first kappa shape index (κ1) is 10.5. The zero-order valence-corrected chi connectivity index (χ0v) is 10.4. The van der Waals surface area contributed by atoms with Crippen molar-refractivity contribution in [1.82, 2.24) is 13.9 Å². The number of nitrogens with zero attached hydrogens (tertiary/aromatic N) is 3. The maximum absolute atomic E-state index is 11.9. The molecule has 2 heterocycles. The van der Waals surface area contributed by atoms with Crippen LogP contribution in [-0.4, -0.2) is 19.7 Å². The molecule has 15 heavy (non-hydrogen) atoms. The van der Waals surface area contributed by atoms with Gasteiger partial charge in [-0.15, -0.1) is 0 Å². The van der Waals surface area contributed by atoms with Gasteiger partial charge in [0.05, 0.1) is 10.8 Å². The van der Waals surface area contributed by atoms with E-state index in [4.69, 9.17) is 0 Å². The van der Waals surface area contributed by atoms with Crippen LogP contribution in [0, 0.1) is 0 Å². The molecule has 78 valence electrons. The lowest BCUT2D eigenvalue weighted by Crippen LogP contribution is -2.02. The highest BCUT2D eigenvalue weighted by molar-refractivity contribution is 9.10. The van der Waals surface area contributed by atoms with Gasteiger partial charge in [0.25, 0.3) is 0 Å². The Bertz CT molecular complexity index is 491. The maximum atomic E-state index is 11.9. The van der Waals surface area contributed by atoms with Crippen LogP contribution in [0.25, 0.3) is 0 Å². The Labute approximate surface area is 99.3 Å². The number of hydrogen-bond acceptors (Lipinski definition) is 4. The normalized spacial score (nSPS) is 10.5. The smallest absolute Gasteiger partial charge is 0.233 e. The lowest BCUT2D eigenvalue weighted by atomic mass is 10.2. The summed E-state index contributed by atoms with van der Waals surface area (Å²) in [5, 5.41) is 1.78. The highest BCUT2D eigenvalue weighted by atomic mass is 79.9. The summed E-state index contributed by atoms with van der Waals surface area (Å²) in [6.45, 7) is 2.80. The third kappa shape index (κ3) is 2.00. The molecule has 2 rings (SSSR count). The molecule has 0 N–H and O–H groups in total. The SMILES string of the molecule is CCn1cnc(C(=O)c2nscc2Br)c1. The molecule has 0 fully saturated rings. The summed E-state index contributed by atoms with van der Waals surface area (Å²) in [5.74, 6) is -0.143. The first-order valence-electron chi connectivity index (χ1n) is 4.38. The number of imidazole rings is 1. The summed E-state index contributed by atoms with van der Waals surface area (Å²) in [4.78, 5) is 15.9. The van der Waals surface area contributed by atoms with Crippen LogP contribution in [0.1, 0.15) is 23.1 Å². The average Bonchev–Trinajstić information content (AvgIpc) is 2.84. The molecular formula is C9H8BrN3OS. The summed E-state index contributed by atoms with van der Waals surface area (Å²) in [7, 11) is 0. The average molecular weight is 286 g/mol. The van der Waals surface area contributed by atoms with E-state index in [0.717, 1.165) is 11.0 Å². The van der Waals surface area contributed by atoms with Gasteiger partial charge in [-0.3, -0.25) is 4.79 Å². The zero-order valence-electron chi connectivity index (χ0n) is 7.98. The largest absolute Gasteiger partial charge is 0.337 e. The molecule has 0 aromatic carbocycles. The number of halogens is 1. The molecule has 0 unspecified atom stereocenters. The Morgan fingerprint density at radius 3 is 3.00 bits per heavy atom. The molecule has 0 radical (unpaired) electrons. The molecule has 0 spiro atoms. The molecule has 0 amide bonds. The molecule has 0 atom stereocenters. The molecule has 0 aliphatic heterocycles. The molecule has 0 saturated heterocycles. The Hall–Kier alpha value is -1.01. The van der Waals surface area contributed by atoms with Gasteiger partial charge in [0.2, 0.25) is 5.78 Å². The fraction of sp³-hybridized carbons (Fsp3) is 0.222. The number of rotatable bonds is 3. The van der Waals surface area contributed by atoms with E-state index >= 15 is 0 Å². The third-order valence-electron chi connectivity index (χ3n) is 1.97. The van der Waals surface area contributed by atoms with Crippen LogP contribution in [0.4, 0.5) is 0 Å². The van der Waals surface area contributed by atoms with Gasteiger partial charge in [-0.05, 0) is 34.4 Å². The minimum absolute atomic E-state index is 0.143. The molecular weight excluding hydrogens is 278 g/mol. The maximum Gasteiger partial charge on any atom is 0.233 e. The highest BCUT2D eigenvalue weighted by Crippen LogP contribution is 2.20. The summed E-state index contributed by atoms with van der Waals surface area (Å²) in [6, 6.07) is 0. The van der Waals surface area contributed by atoms with Crippen molar-refractivity contribution in [3.8, 4) is 0 Å². The summed E-state index contributed by atoms with van der Waals surface area (Å²) >= 11 is 4.53. The van der Waals surface area contributed by atoms with Gasteiger partial charge >= 0.3 is 0 Å². The molecule has 0 saturated carbocycles. The minimum Gasteiger partial charge on any atom is -0.337 e. The van der Waals surface area contributed by atoms with E-state index in [1.54, 1.807) is 17.9 Å². The third-order valence-corrected chi connectivity index (χ3v) is 3.51. The molecule has 0 aliphatic rings. The second-order valence-corrected chi connectivity index (χ2v) is 4.41. The Morgan fingerprint density at radius 2 is 2.47 bits per heavy atom. The van der Waals surface area contributed by atoms with Crippen molar-refractivity contribution in [2.24, 2.45) is 0 Å². The number of hydrogen-bond donors (Lipinski definition) is 0. The first-order chi connectivity index (χ1) is 7.22. The number of carbonyl (C=O) groups is 1. The van der Waals surface area contributed by atoms with E-state index < -0.39 is 0 Å². The molecule has 6 heteroatoms. The van der Waals surface area contributed by atoms with Crippen molar-refractivity contribution in [1.29, 1.82) is 0 Å². The van der Waals surface area contributed by atoms with Gasteiger partial charge < -0.3 is 4.57 Å². The Balaban J connectivity index is 2.32. The van der Waals surface area contributed by atoms with Crippen LogP contribution in [0.2, 0.25) is 0 Å². The molecule has 4 nitrogen and oxygen atoms in total. The lowest BCUT2D eigenvalue weighted by molar-refractivity contribution is 0.103. The molecule has 0 aliphatic carbocycles. The monoisotopic (exact) mass is 285 g/mol. The van der Waals surface area contributed by atoms with Gasteiger partial charge in [-0.1, -0.05) is 0 Å². The number of carbonyl (C=O) groups excluding carboxylic acids is 1. The van der Waals surface area contributed by atoms with E-state index in [2.05, 4.69) is 25.3 Å². The van der Waals surface area contributed by atoms with Crippen LogP contribution in [0.15, 0.2) is 22.4 Å². The lowest BCUT2D eigenvalue weighted by Gasteiger charge is -1.93. The van der Waals surface area contributed by atoms with Crippen molar-refractivity contribution in [2.75, 3.05) is 0 Å². The predicted octanol–water partition coefficient (Wildman–Crippen LogP) is 2.35. The number of aryl methyl sites for hydroxylation is 1. The number of aromatic nitrogens is 3. The van der Waals surface area contributed by atoms with Crippen LogP contribution in [0.3, 0.4) is 0 Å². The Morgan fingerprint density at radius 1 is 1.67 bits per heavy atom. The summed E-state index contributed by atoms with van der Waals surface area (Å²) in [6.07, 6.45) is 3.38. The fourth-order valence-electron chi connectivity index (χ4n) is 1.15. The van der Waals surface area contributed by atoms with Gasteiger partial charge in [0.1, 0.15) is 11.4 Å². The first-order valence-corrected chi connectivity index (χ1v) is 6.01. The molecule has 2 aromatic rings. The second-order valence-electron chi connectivity index (χ2n) is 2.93. The van der Waals surface area contributed by atoms with Crippen LogP contribution in [-0.2, 0) is 6.54 Å².